The third-order valence-corrected chi connectivity index (χ3v) is 3.52. The number of phenolic OH excluding ortho intramolecular Hbond substituents is 1. The first kappa shape index (κ1) is 20.9. The number of ether oxygens (including phenoxy) is 3. The van der Waals surface area contributed by atoms with Gasteiger partial charge in [0.05, 0.1) is 13.2 Å². The van der Waals surface area contributed by atoms with Gasteiger partial charge in [-0.3, -0.25) is 0 Å². The van der Waals surface area contributed by atoms with Gasteiger partial charge in [0.25, 0.3) is 0 Å². The molecule has 0 fully saturated rings. The van der Waals surface area contributed by atoms with Crippen molar-refractivity contribution >= 4 is 6.16 Å². The van der Waals surface area contributed by atoms with Gasteiger partial charge in [-0.25, -0.2) is 4.79 Å². The van der Waals surface area contributed by atoms with Crippen LogP contribution >= 0.6 is 0 Å². The van der Waals surface area contributed by atoms with Gasteiger partial charge in [-0.05, 0) is 38.5 Å². The van der Waals surface area contributed by atoms with Gasteiger partial charge in [-0.2, -0.15) is 0 Å². The fraction of sp³-hybridized carbons (Fsp3) is 0.632. The maximum Gasteiger partial charge on any atom is 0.511 e. The fourth-order valence-corrected chi connectivity index (χ4v) is 2.75. The van der Waals surface area contributed by atoms with E-state index in [4.69, 9.17) is 19.3 Å². The summed E-state index contributed by atoms with van der Waals surface area (Å²) in [5, 5.41) is 19.9. The number of carboxylic acid groups (broad SMARTS) is 1. The number of hydrogen-bond acceptors (Lipinski definition) is 5. The summed E-state index contributed by atoms with van der Waals surface area (Å²) in [6.07, 6.45) is -0.463. The highest BCUT2D eigenvalue weighted by Gasteiger charge is 2.29. The molecule has 0 aliphatic heterocycles. The molecular formula is C19H30O6. The van der Waals surface area contributed by atoms with Crippen molar-refractivity contribution in [2.45, 2.75) is 54.4 Å². The molecule has 0 amide bonds. The van der Waals surface area contributed by atoms with Crippen molar-refractivity contribution in [3.63, 3.8) is 0 Å². The number of phenols is 1. The molecular weight excluding hydrogens is 324 g/mol. The molecule has 0 atom stereocenters. The highest BCUT2D eigenvalue weighted by molar-refractivity contribution is 5.71. The number of carbonyl (C=O) groups is 1. The molecule has 6 nitrogen and oxygen atoms in total. The quantitative estimate of drug-likeness (QED) is 0.496. The van der Waals surface area contributed by atoms with E-state index < -0.39 is 6.16 Å². The lowest BCUT2D eigenvalue weighted by molar-refractivity contribution is 0.141. The molecule has 0 saturated heterocycles. The summed E-state index contributed by atoms with van der Waals surface area (Å²) >= 11 is 0. The number of hydrogen-bond donors (Lipinski definition) is 2. The summed E-state index contributed by atoms with van der Waals surface area (Å²) in [7, 11) is 0. The van der Waals surface area contributed by atoms with E-state index in [-0.39, 0.29) is 23.3 Å². The van der Waals surface area contributed by atoms with Crippen LogP contribution in [0.4, 0.5) is 4.79 Å². The van der Waals surface area contributed by atoms with Crippen molar-refractivity contribution in [2.24, 2.45) is 11.8 Å². The lowest BCUT2D eigenvalue weighted by atomic mass is 9.93. The Kier molecular flexibility index (Phi) is 7.87. The average Bonchev–Trinajstić information content (AvgIpc) is 2.49. The first-order valence-corrected chi connectivity index (χ1v) is 8.79. The average molecular weight is 354 g/mol. The lowest BCUT2D eigenvalue weighted by Gasteiger charge is -2.24. The van der Waals surface area contributed by atoms with Crippen LogP contribution in [-0.4, -0.2) is 29.6 Å². The van der Waals surface area contributed by atoms with Crippen LogP contribution in [0.2, 0.25) is 0 Å². The molecule has 0 aliphatic rings. The minimum atomic E-state index is -1.47. The molecule has 0 unspecified atom stereocenters. The SMILES string of the molecule is CCOc1c(CC(C)C)c(O)c(OC(=O)O)c(CC(C)C)c1OCC. The highest BCUT2D eigenvalue weighted by Crippen LogP contribution is 2.50. The summed E-state index contributed by atoms with van der Waals surface area (Å²) in [4.78, 5) is 11.2. The van der Waals surface area contributed by atoms with E-state index in [1.807, 2.05) is 41.5 Å². The molecule has 0 spiro atoms. The second-order valence-corrected chi connectivity index (χ2v) is 6.72. The molecule has 0 aliphatic carbocycles. The molecule has 0 radical (unpaired) electrons. The Bertz CT molecular complexity index is 592. The van der Waals surface area contributed by atoms with Crippen molar-refractivity contribution in [3.05, 3.63) is 11.1 Å². The monoisotopic (exact) mass is 354 g/mol. The Balaban J connectivity index is 3.77. The molecule has 6 heteroatoms. The fourth-order valence-electron chi connectivity index (χ4n) is 2.75. The van der Waals surface area contributed by atoms with Gasteiger partial charge >= 0.3 is 6.16 Å². The Labute approximate surface area is 149 Å². The van der Waals surface area contributed by atoms with E-state index in [0.717, 1.165) is 0 Å². The van der Waals surface area contributed by atoms with Crippen LogP contribution in [0, 0.1) is 11.8 Å². The normalized spacial score (nSPS) is 11.0. The van der Waals surface area contributed by atoms with Crippen LogP contribution in [0.1, 0.15) is 52.7 Å². The largest absolute Gasteiger partial charge is 0.511 e. The molecule has 1 rings (SSSR count). The molecule has 2 N–H and O–H groups in total. The molecule has 0 saturated carbocycles. The van der Waals surface area contributed by atoms with Crippen LogP contribution < -0.4 is 14.2 Å². The third kappa shape index (κ3) is 5.44. The summed E-state index contributed by atoms with van der Waals surface area (Å²) in [5.74, 6) is 1.14. The highest BCUT2D eigenvalue weighted by atomic mass is 16.7. The standard InChI is InChI=1S/C19H30O6/c1-7-23-17-13(9-11(3)4)15(20)16(25-19(21)22)14(10-12(5)6)18(17)24-8-2/h11-12,20H,7-10H2,1-6H3,(H,21,22). The van der Waals surface area contributed by atoms with Crippen LogP contribution in [0.25, 0.3) is 0 Å². The molecule has 1 aromatic rings. The van der Waals surface area contributed by atoms with Crippen LogP contribution in [0.15, 0.2) is 0 Å². The minimum absolute atomic E-state index is 0.0521. The maximum absolute atomic E-state index is 11.2. The smallest absolute Gasteiger partial charge is 0.504 e. The van der Waals surface area contributed by atoms with Gasteiger partial charge in [0.1, 0.15) is 0 Å². The topological polar surface area (TPSA) is 85.2 Å². The van der Waals surface area contributed by atoms with Gasteiger partial charge in [-0.1, -0.05) is 27.7 Å². The van der Waals surface area contributed by atoms with E-state index in [2.05, 4.69) is 0 Å². The zero-order valence-corrected chi connectivity index (χ0v) is 16.0. The third-order valence-electron chi connectivity index (χ3n) is 3.52. The first-order valence-electron chi connectivity index (χ1n) is 8.79. The minimum Gasteiger partial charge on any atom is -0.504 e. The van der Waals surface area contributed by atoms with Gasteiger partial charge in [0.15, 0.2) is 23.0 Å². The zero-order chi connectivity index (χ0) is 19.1. The van der Waals surface area contributed by atoms with Gasteiger partial charge < -0.3 is 24.4 Å². The summed E-state index contributed by atoms with van der Waals surface area (Å²) in [6, 6.07) is 0. The van der Waals surface area contributed by atoms with Gasteiger partial charge in [0, 0.05) is 11.1 Å². The Morgan fingerprint density at radius 3 is 1.72 bits per heavy atom. The predicted molar refractivity (Wildman–Crippen MR) is 96.2 cm³/mol. The van der Waals surface area contributed by atoms with E-state index >= 15 is 0 Å². The molecule has 25 heavy (non-hydrogen) atoms. The molecule has 142 valence electrons. The first-order chi connectivity index (χ1) is 11.7. The van der Waals surface area contributed by atoms with Crippen molar-refractivity contribution in [1.82, 2.24) is 0 Å². The second kappa shape index (κ2) is 9.39. The number of rotatable bonds is 9. The maximum atomic E-state index is 11.2. The zero-order valence-electron chi connectivity index (χ0n) is 16.0. The second-order valence-electron chi connectivity index (χ2n) is 6.72. The van der Waals surface area contributed by atoms with Crippen LogP contribution in [0.3, 0.4) is 0 Å². The van der Waals surface area contributed by atoms with Crippen molar-refractivity contribution in [1.29, 1.82) is 0 Å². The summed E-state index contributed by atoms with van der Waals surface area (Å²) < 4.78 is 16.6. The van der Waals surface area contributed by atoms with E-state index in [0.29, 0.717) is 48.7 Å². The van der Waals surface area contributed by atoms with Gasteiger partial charge in [0.2, 0.25) is 0 Å². The van der Waals surface area contributed by atoms with Crippen molar-refractivity contribution in [3.8, 4) is 23.0 Å². The Hall–Kier alpha value is -2.11. The summed E-state index contributed by atoms with van der Waals surface area (Å²) in [6.45, 7) is 12.5. The van der Waals surface area contributed by atoms with E-state index in [1.54, 1.807) is 0 Å². The van der Waals surface area contributed by atoms with Crippen molar-refractivity contribution < 1.29 is 29.2 Å². The van der Waals surface area contributed by atoms with Gasteiger partial charge in [-0.15, -0.1) is 0 Å². The van der Waals surface area contributed by atoms with Crippen molar-refractivity contribution in [2.75, 3.05) is 13.2 Å². The molecule has 0 heterocycles. The molecule has 1 aromatic carbocycles. The lowest BCUT2D eigenvalue weighted by Crippen LogP contribution is -2.13. The Morgan fingerprint density at radius 2 is 1.32 bits per heavy atom. The summed E-state index contributed by atoms with van der Waals surface area (Å²) in [5.41, 5.74) is 1.04. The Morgan fingerprint density at radius 1 is 0.880 bits per heavy atom. The van der Waals surface area contributed by atoms with E-state index in [9.17, 15) is 9.90 Å². The van der Waals surface area contributed by atoms with Crippen LogP contribution in [0.5, 0.6) is 23.0 Å². The molecule has 0 bridgehead atoms. The van der Waals surface area contributed by atoms with Crippen LogP contribution in [-0.2, 0) is 12.8 Å². The number of aromatic hydroxyl groups is 1. The molecule has 0 aromatic heterocycles. The number of benzene rings is 1. The predicted octanol–water partition coefficient (Wildman–Crippen LogP) is 4.64. The van der Waals surface area contributed by atoms with E-state index in [1.165, 1.54) is 0 Å².